The number of amides is 1. The molecule has 0 aromatic heterocycles. The second-order valence-electron chi connectivity index (χ2n) is 6.19. The number of ether oxygens (including phenoxy) is 1. The Balaban J connectivity index is 1.85. The van der Waals surface area contributed by atoms with Crippen LogP contribution in [0.25, 0.3) is 0 Å². The van der Waals surface area contributed by atoms with Crippen molar-refractivity contribution < 1.29 is 22.3 Å². The van der Waals surface area contributed by atoms with Crippen molar-refractivity contribution in [1.29, 1.82) is 0 Å². The summed E-state index contributed by atoms with van der Waals surface area (Å²) in [6.07, 6.45) is -0.0635. The Morgan fingerprint density at radius 3 is 2.63 bits per heavy atom. The van der Waals surface area contributed by atoms with E-state index in [2.05, 4.69) is 4.72 Å². The van der Waals surface area contributed by atoms with Gasteiger partial charge < -0.3 is 9.64 Å². The number of carbonyl (C=O) groups is 1. The van der Waals surface area contributed by atoms with E-state index < -0.39 is 15.8 Å². The first-order chi connectivity index (χ1) is 12.8. The van der Waals surface area contributed by atoms with E-state index in [0.717, 1.165) is 24.3 Å². The van der Waals surface area contributed by atoms with E-state index in [4.69, 9.17) is 16.3 Å². The molecule has 1 heterocycles. The maximum atomic E-state index is 13.0. The highest BCUT2D eigenvalue weighted by Gasteiger charge is 2.24. The fraction of sp³-hybridized carbons (Fsp3) is 0.278. The van der Waals surface area contributed by atoms with Gasteiger partial charge in [-0.3, -0.25) is 9.52 Å². The van der Waals surface area contributed by atoms with Crippen molar-refractivity contribution in [3.8, 4) is 0 Å². The summed E-state index contributed by atoms with van der Waals surface area (Å²) in [6, 6.07) is 8.80. The van der Waals surface area contributed by atoms with Crippen molar-refractivity contribution in [3.05, 3.63) is 58.9 Å². The minimum absolute atomic E-state index is 0.0635. The van der Waals surface area contributed by atoms with Crippen LogP contribution in [0.2, 0.25) is 5.02 Å². The average Bonchev–Trinajstić information content (AvgIpc) is 2.63. The van der Waals surface area contributed by atoms with Gasteiger partial charge in [-0.15, -0.1) is 0 Å². The summed E-state index contributed by atoms with van der Waals surface area (Å²) in [7, 11) is -3.97. The molecule has 1 saturated heterocycles. The third-order valence-electron chi connectivity index (χ3n) is 4.11. The van der Waals surface area contributed by atoms with Crippen molar-refractivity contribution in [2.24, 2.45) is 0 Å². The zero-order valence-corrected chi connectivity index (χ0v) is 16.1. The van der Waals surface area contributed by atoms with Crippen molar-refractivity contribution in [3.63, 3.8) is 0 Å². The molecule has 2 aromatic rings. The topological polar surface area (TPSA) is 75.7 Å². The fourth-order valence-corrected chi connectivity index (χ4v) is 4.03. The molecule has 1 unspecified atom stereocenters. The molecule has 0 aliphatic carbocycles. The molecule has 1 N–H and O–H groups in total. The van der Waals surface area contributed by atoms with Crippen LogP contribution in [0.4, 0.5) is 10.1 Å². The molecule has 27 heavy (non-hydrogen) atoms. The lowest BCUT2D eigenvalue weighted by Crippen LogP contribution is -2.44. The van der Waals surface area contributed by atoms with Gasteiger partial charge in [0.15, 0.2) is 0 Å². The SMILES string of the molecule is CC1CN(C(=O)c2ccc(Cl)c(NS(=O)(=O)c3ccc(F)cc3)c2)CCO1. The van der Waals surface area contributed by atoms with Crippen molar-refractivity contribution >= 4 is 33.2 Å². The number of nitrogens with zero attached hydrogens (tertiary/aromatic N) is 1. The summed E-state index contributed by atoms with van der Waals surface area (Å²) < 4.78 is 45.8. The van der Waals surface area contributed by atoms with Crippen molar-refractivity contribution in [1.82, 2.24) is 4.90 Å². The van der Waals surface area contributed by atoms with Crippen LogP contribution in [-0.4, -0.2) is 45.0 Å². The quantitative estimate of drug-likeness (QED) is 0.837. The lowest BCUT2D eigenvalue weighted by Gasteiger charge is -2.31. The van der Waals surface area contributed by atoms with E-state index in [0.29, 0.717) is 25.3 Å². The molecule has 1 aliphatic rings. The number of hydrogen-bond donors (Lipinski definition) is 1. The number of morpholine rings is 1. The predicted octanol–water partition coefficient (Wildman–Crippen LogP) is 3.14. The van der Waals surface area contributed by atoms with Gasteiger partial charge in [0.2, 0.25) is 0 Å². The molecule has 9 heteroatoms. The number of sulfonamides is 1. The summed E-state index contributed by atoms with van der Waals surface area (Å²) >= 11 is 6.10. The smallest absolute Gasteiger partial charge is 0.261 e. The first kappa shape index (κ1) is 19.6. The van der Waals surface area contributed by atoms with E-state index in [1.807, 2.05) is 6.92 Å². The van der Waals surface area contributed by atoms with Gasteiger partial charge in [0.25, 0.3) is 15.9 Å². The van der Waals surface area contributed by atoms with Crippen LogP contribution in [-0.2, 0) is 14.8 Å². The molecule has 144 valence electrons. The van der Waals surface area contributed by atoms with Crippen LogP contribution in [0.15, 0.2) is 47.4 Å². The molecular weight excluding hydrogens is 395 g/mol. The number of rotatable bonds is 4. The standard InChI is InChI=1S/C18H18ClFN2O4S/c1-12-11-22(8-9-26-12)18(23)13-2-7-16(19)17(10-13)21-27(24,25)15-5-3-14(20)4-6-15/h2-7,10,12,21H,8-9,11H2,1H3. The number of anilines is 1. The van der Waals surface area contributed by atoms with Crippen LogP contribution in [0.5, 0.6) is 0 Å². The zero-order valence-electron chi connectivity index (χ0n) is 14.5. The van der Waals surface area contributed by atoms with Gasteiger partial charge in [0.1, 0.15) is 5.82 Å². The van der Waals surface area contributed by atoms with E-state index in [-0.39, 0.29) is 27.6 Å². The largest absolute Gasteiger partial charge is 0.375 e. The lowest BCUT2D eigenvalue weighted by molar-refractivity contribution is -0.0124. The summed E-state index contributed by atoms with van der Waals surface area (Å²) in [4.78, 5) is 14.2. The molecule has 0 saturated carbocycles. The van der Waals surface area contributed by atoms with Crippen molar-refractivity contribution in [2.45, 2.75) is 17.9 Å². The van der Waals surface area contributed by atoms with Crippen molar-refractivity contribution in [2.75, 3.05) is 24.4 Å². The van der Waals surface area contributed by atoms with Gasteiger partial charge in [-0.2, -0.15) is 0 Å². The molecule has 0 spiro atoms. The third-order valence-corrected chi connectivity index (χ3v) is 5.82. The Morgan fingerprint density at radius 2 is 1.96 bits per heavy atom. The Hall–Kier alpha value is -2.16. The first-order valence-electron chi connectivity index (χ1n) is 8.25. The first-order valence-corrected chi connectivity index (χ1v) is 10.1. The minimum Gasteiger partial charge on any atom is -0.375 e. The number of halogens is 2. The molecule has 0 radical (unpaired) electrons. The minimum atomic E-state index is -3.97. The highest BCUT2D eigenvalue weighted by Crippen LogP contribution is 2.27. The van der Waals surface area contributed by atoms with E-state index in [1.165, 1.54) is 12.1 Å². The van der Waals surface area contributed by atoms with E-state index >= 15 is 0 Å². The zero-order chi connectivity index (χ0) is 19.6. The van der Waals surface area contributed by atoms with Gasteiger partial charge >= 0.3 is 0 Å². The molecule has 0 bridgehead atoms. The average molecular weight is 413 g/mol. The molecular formula is C18H18ClFN2O4S. The molecule has 6 nitrogen and oxygen atoms in total. The van der Waals surface area contributed by atoms with Gasteiger partial charge in [-0.1, -0.05) is 11.6 Å². The maximum absolute atomic E-state index is 13.0. The molecule has 1 aliphatic heterocycles. The van der Waals surface area contributed by atoms with Gasteiger partial charge in [-0.25, -0.2) is 12.8 Å². The Morgan fingerprint density at radius 1 is 1.26 bits per heavy atom. The number of carbonyl (C=O) groups excluding carboxylic acids is 1. The lowest BCUT2D eigenvalue weighted by atomic mass is 10.1. The van der Waals surface area contributed by atoms with Crippen LogP contribution in [0.3, 0.4) is 0 Å². The van der Waals surface area contributed by atoms with Gasteiger partial charge in [0, 0.05) is 18.7 Å². The number of nitrogens with one attached hydrogen (secondary N) is 1. The molecule has 3 rings (SSSR count). The highest BCUT2D eigenvalue weighted by molar-refractivity contribution is 7.92. The molecule has 1 atom stereocenters. The normalized spacial score (nSPS) is 17.6. The number of benzene rings is 2. The highest BCUT2D eigenvalue weighted by atomic mass is 35.5. The van der Waals surface area contributed by atoms with E-state index in [9.17, 15) is 17.6 Å². The monoisotopic (exact) mass is 412 g/mol. The number of hydrogen-bond acceptors (Lipinski definition) is 4. The summed E-state index contributed by atoms with van der Waals surface area (Å²) in [5.41, 5.74) is 0.387. The predicted molar refractivity (Wildman–Crippen MR) is 100.0 cm³/mol. The van der Waals surface area contributed by atoms with Gasteiger partial charge in [0.05, 0.1) is 28.3 Å². The van der Waals surface area contributed by atoms with Crippen LogP contribution in [0.1, 0.15) is 17.3 Å². The molecule has 2 aromatic carbocycles. The van der Waals surface area contributed by atoms with Gasteiger partial charge in [-0.05, 0) is 49.4 Å². The molecule has 1 fully saturated rings. The second kappa shape index (κ2) is 7.84. The summed E-state index contributed by atoms with van der Waals surface area (Å²) in [6.45, 7) is 3.24. The fourth-order valence-electron chi connectivity index (χ4n) is 2.74. The second-order valence-corrected chi connectivity index (χ2v) is 8.28. The van der Waals surface area contributed by atoms with Crippen LogP contribution >= 0.6 is 11.6 Å². The third kappa shape index (κ3) is 4.58. The molecule has 1 amide bonds. The van der Waals surface area contributed by atoms with Crippen LogP contribution in [0, 0.1) is 5.82 Å². The Kier molecular flexibility index (Phi) is 5.69. The maximum Gasteiger partial charge on any atom is 0.261 e. The van der Waals surface area contributed by atoms with Crippen LogP contribution < -0.4 is 4.72 Å². The van der Waals surface area contributed by atoms with E-state index in [1.54, 1.807) is 11.0 Å². The summed E-state index contributed by atoms with van der Waals surface area (Å²) in [5.74, 6) is -0.775. The Bertz CT molecular complexity index is 950. The summed E-state index contributed by atoms with van der Waals surface area (Å²) in [5, 5.41) is 0.146. The Labute approximate surface area is 161 Å².